The quantitative estimate of drug-likeness (QED) is 0.745. The molecule has 1 aliphatic rings. The number of aromatic amines is 1. The van der Waals surface area contributed by atoms with Crippen molar-refractivity contribution >= 4 is 5.69 Å². The van der Waals surface area contributed by atoms with Crippen LogP contribution in [-0.2, 0) is 0 Å². The Labute approximate surface area is 156 Å². The molecule has 3 N–H and O–H groups in total. The molecule has 1 aromatic heterocycles. The fraction of sp³-hybridized carbons (Fsp3) is 0.474. The molecule has 0 amide bonds. The van der Waals surface area contributed by atoms with Crippen molar-refractivity contribution in [3.63, 3.8) is 0 Å². The number of likely N-dealkylation sites (tertiary alicyclic amines) is 1. The van der Waals surface area contributed by atoms with Gasteiger partial charge in [0.15, 0.2) is 5.88 Å². The molecule has 3 rings (SSSR count). The Morgan fingerprint density at radius 1 is 1.26 bits per heavy atom. The van der Waals surface area contributed by atoms with Crippen LogP contribution in [-0.4, -0.2) is 48.9 Å². The molecule has 0 aliphatic carbocycles. The van der Waals surface area contributed by atoms with Crippen LogP contribution in [0.3, 0.4) is 0 Å². The Morgan fingerprint density at radius 2 is 2.00 bits per heavy atom. The van der Waals surface area contributed by atoms with Crippen molar-refractivity contribution in [2.45, 2.75) is 31.0 Å². The van der Waals surface area contributed by atoms with Gasteiger partial charge in [0.25, 0.3) is 0 Å². The minimum Gasteiger partial charge on any atom is -0.495 e. The summed E-state index contributed by atoms with van der Waals surface area (Å²) in [6.45, 7) is 0.982. The lowest BCUT2D eigenvalue weighted by Crippen LogP contribution is -2.47. The number of nitrogens with zero attached hydrogens (tertiary/aromatic N) is 1. The average Bonchev–Trinajstić information content (AvgIpc) is 3.15. The second-order valence-corrected chi connectivity index (χ2v) is 6.76. The molecule has 2 heterocycles. The normalized spacial score (nSPS) is 17.6. The number of methoxy groups -OCH3 is 1. The van der Waals surface area contributed by atoms with Gasteiger partial charge in [0, 0.05) is 12.7 Å². The third kappa shape index (κ3) is 4.88. The SMILES string of the molecule is COc1cc(C2CCN(C[C@H](Oc3ccc[nH]3)C(F)(F)F)CC2)ccc1N. The number of halogens is 3. The summed E-state index contributed by atoms with van der Waals surface area (Å²) in [6, 6.07) is 8.78. The van der Waals surface area contributed by atoms with Gasteiger partial charge in [0.1, 0.15) is 5.75 Å². The summed E-state index contributed by atoms with van der Waals surface area (Å²) in [5.74, 6) is 1.04. The topological polar surface area (TPSA) is 63.5 Å². The lowest BCUT2D eigenvalue weighted by molar-refractivity contribution is -0.200. The number of hydrogen-bond acceptors (Lipinski definition) is 4. The van der Waals surface area contributed by atoms with Crippen LogP contribution in [0.2, 0.25) is 0 Å². The first-order valence-corrected chi connectivity index (χ1v) is 8.89. The third-order valence-corrected chi connectivity index (χ3v) is 4.94. The van der Waals surface area contributed by atoms with Crippen LogP contribution in [0.4, 0.5) is 18.9 Å². The number of hydrogen-bond donors (Lipinski definition) is 2. The Morgan fingerprint density at radius 3 is 2.59 bits per heavy atom. The van der Waals surface area contributed by atoms with E-state index in [9.17, 15) is 13.2 Å². The molecule has 0 bridgehead atoms. The first kappa shape index (κ1) is 19.4. The second-order valence-electron chi connectivity index (χ2n) is 6.76. The summed E-state index contributed by atoms with van der Waals surface area (Å²) in [5, 5.41) is 0. The monoisotopic (exact) mass is 383 g/mol. The Kier molecular flexibility index (Phi) is 5.84. The number of piperidine rings is 1. The zero-order chi connectivity index (χ0) is 19.4. The van der Waals surface area contributed by atoms with Crippen LogP contribution in [0.5, 0.6) is 11.6 Å². The lowest BCUT2D eigenvalue weighted by Gasteiger charge is -2.34. The minimum atomic E-state index is -4.42. The minimum absolute atomic E-state index is 0.126. The van der Waals surface area contributed by atoms with Crippen molar-refractivity contribution in [1.82, 2.24) is 9.88 Å². The molecule has 27 heavy (non-hydrogen) atoms. The Balaban J connectivity index is 1.59. The first-order chi connectivity index (χ1) is 12.9. The van der Waals surface area contributed by atoms with E-state index < -0.39 is 12.3 Å². The Hall–Kier alpha value is -2.35. The summed E-state index contributed by atoms with van der Waals surface area (Å²) >= 11 is 0. The number of ether oxygens (including phenoxy) is 2. The number of rotatable bonds is 6. The highest BCUT2D eigenvalue weighted by Gasteiger charge is 2.43. The number of benzene rings is 1. The van der Waals surface area contributed by atoms with Gasteiger partial charge in [-0.05, 0) is 61.7 Å². The molecule has 148 valence electrons. The highest BCUT2D eigenvalue weighted by molar-refractivity contribution is 5.54. The van der Waals surface area contributed by atoms with Crippen LogP contribution in [0.1, 0.15) is 24.3 Å². The van der Waals surface area contributed by atoms with Crippen LogP contribution in [0.25, 0.3) is 0 Å². The van der Waals surface area contributed by atoms with Gasteiger partial charge in [0.2, 0.25) is 6.10 Å². The van der Waals surface area contributed by atoms with E-state index >= 15 is 0 Å². The molecule has 5 nitrogen and oxygen atoms in total. The van der Waals surface area contributed by atoms with Gasteiger partial charge in [-0.1, -0.05) is 6.07 Å². The van der Waals surface area contributed by atoms with Crippen LogP contribution >= 0.6 is 0 Å². The lowest BCUT2D eigenvalue weighted by atomic mass is 9.89. The standard InChI is InChI=1S/C19H24F3N3O2/c1-26-16-11-14(4-5-15(16)23)13-6-9-25(10-7-13)12-17(19(20,21)22)27-18-3-2-8-24-18/h2-5,8,11,13,17,24H,6-7,9-10,12,23H2,1H3/t17-/m0/s1. The molecule has 1 fully saturated rings. The molecule has 1 atom stereocenters. The van der Waals surface area contributed by atoms with Gasteiger partial charge in [0.05, 0.1) is 12.8 Å². The van der Waals surface area contributed by atoms with Crippen molar-refractivity contribution in [3.8, 4) is 11.6 Å². The smallest absolute Gasteiger partial charge is 0.426 e. The van der Waals surface area contributed by atoms with Crippen LogP contribution in [0, 0.1) is 0 Å². The highest BCUT2D eigenvalue weighted by Crippen LogP contribution is 2.33. The zero-order valence-electron chi connectivity index (χ0n) is 15.1. The predicted octanol–water partition coefficient (Wildman–Crippen LogP) is 3.79. The van der Waals surface area contributed by atoms with Gasteiger partial charge in [-0.3, -0.25) is 4.90 Å². The molecular formula is C19H24F3N3O2. The van der Waals surface area contributed by atoms with Crippen molar-refractivity contribution < 1.29 is 22.6 Å². The van der Waals surface area contributed by atoms with Gasteiger partial charge in [-0.2, -0.15) is 13.2 Å². The zero-order valence-corrected chi connectivity index (χ0v) is 15.1. The molecular weight excluding hydrogens is 359 g/mol. The maximum absolute atomic E-state index is 13.3. The Bertz CT molecular complexity index is 726. The van der Waals surface area contributed by atoms with Crippen molar-refractivity contribution in [1.29, 1.82) is 0 Å². The summed E-state index contributed by atoms with van der Waals surface area (Å²) in [5.41, 5.74) is 7.53. The van der Waals surface area contributed by atoms with Gasteiger partial charge in [-0.25, -0.2) is 0 Å². The van der Waals surface area contributed by atoms with Crippen molar-refractivity contribution in [2.24, 2.45) is 0 Å². The molecule has 0 unspecified atom stereocenters. The number of nitrogen functional groups attached to an aromatic ring is 1. The van der Waals surface area contributed by atoms with Crippen LogP contribution in [0.15, 0.2) is 36.5 Å². The van der Waals surface area contributed by atoms with E-state index in [1.807, 2.05) is 23.1 Å². The van der Waals surface area contributed by atoms with Crippen LogP contribution < -0.4 is 15.2 Å². The maximum atomic E-state index is 13.3. The molecule has 8 heteroatoms. The first-order valence-electron chi connectivity index (χ1n) is 8.89. The number of nitrogens with one attached hydrogen (secondary N) is 1. The average molecular weight is 383 g/mol. The number of anilines is 1. The summed E-state index contributed by atoms with van der Waals surface area (Å²) in [4.78, 5) is 4.47. The van der Waals surface area contributed by atoms with E-state index in [1.54, 1.807) is 13.2 Å². The number of alkyl halides is 3. The molecule has 0 spiro atoms. The second kappa shape index (κ2) is 8.12. The number of nitrogens with two attached hydrogens (primary N) is 1. The summed E-state index contributed by atoms with van der Waals surface area (Å²) in [6.07, 6.45) is -3.19. The van der Waals surface area contributed by atoms with Crippen molar-refractivity contribution in [3.05, 3.63) is 42.1 Å². The van der Waals surface area contributed by atoms with E-state index in [0.29, 0.717) is 24.5 Å². The molecule has 0 saturated carbocycles. The molecule has 1 aromatic carbocycles. The molecule has 1 saturated heterocycles. The van der Waals surface area contributed by atoms with E-state index in [1.165, 1.54) is 12.3 Å². The largest absolute Gasteiger partial charge is 0.495 e. The summed E-state index contributed by atoms with van der Waals surface area (Å²) in [7, 11) is 1.57. The fourth-order valence-corrected chi connectivity index (χ4v) is 3.41. The van der Waals surface area contributed by atoms with Gasteiger partial charge < -0.3 is 20.2 Å². The maximum Gasteiger partial charge on any atom is 0.426 e. The van der Waals surface area contributed by atoms with Gasteiger partial charge in [-0.15, -0.1) is 0 Å². The number of H-pyrrole nitrogens is 1. The molecule has 1 aliphatic heterocycles. The van der Waals surface area contributed by atoms with E-state index in [2.05, 4.69) is 4.98 Å². The van der Waals surface area contributed by atoms with E-state index in [4.69, 9.17) is 15.2 Å². The van der Waals surface area contributed by atoms with E-state index in [0.717, 1.165) is 18.4 Å². The van der Waals surface area contributed by atoms with Crippen molar-refractivity contribution in [2.75, 3.05) is 32.5 Å². The fourth-order valence-electron chi connectivity index (χ4n) is 3.41. The molecule has 2 aromatic rings. The highest BCUT2D eigenvalue weighted by atomic mass is 19.4. The predicted molar refractivity (Wildman–Crippen MR) is 97.1 cm³/mol. The number of aromatic nitrogens is 1. The molecule has 0 radical (unpaired) electrons. The van der Waals surface area contributed by atoms with Gasteiger partial charge >= 0.3 is 6.18 Å². The summed E-state index contributed by atoms with van der Waals surface area (Å²) < 4.78 is 50.4. The van der Waals surface area contributed by atoms with E-state index in [-0.39, 0.29) is 18.3 Å². The third-order valence-electron chi connectivity index (χ3n) is 4.94.